The number of nitrogens with one attached hydrogen (secondary N) is 1. The summed E-state index contributed by atoms with van der Waals surface area (Å²) in [7, 11) is 0. The van der Waals surface area contributed by atoms with Gasteiger partial charge in [-0.3, -0.25) is 4.79 Å². The first kappa shape index (κ1) is 17.0. The molecule has 1 aliphatic heterocycles. The Bertz CT molecular complexity index is 794. The van der Waals surface area contributed by atoms with Crippen molar-refractivity contribution in [2.75, 3.05) is 18.5 Å². The normalized spacial score (nSPS) is 13.7. The summed E-state index contributed by atoms with van der Waals surface area (Å²) >= 11 is 5.67. The molecule has 25 heavy (non-hydrogen) atoms. The zero-order valence-corrected chi connectivity index (χ0v) is 14.1. The molecule has 1 aromatic heterocycles. The average molecular weight is 363 g/mol. The Hall–Kier alpha value is -2.80. The fourth-order valence-electron chi connectivity index (χ4n) is 2.14. The Kier molecular flexibility index (Phi) is 5.04. The van der Waals surface area contributed by atoms with Gasteiger partial charge in [0.2, 0.25) is 0 Å². The van der Waals surface area contributed by atoms with E-state index >= 15 is 0 Å². The highest BCUT2D eigenvalue weighted by atomic mass is 35.5. The van der Waals surface area contributed by atoms with E-state index in [1.54, 1.807) is 18.2 Å². The summed E-state index contributed by atoms with van der Waals surface area (Å²) in [5.41, 5.74) is 0.730. The number of hydrogen-bond acceptors (Lipinski definition) is 6. The van der Waals surface area contributed by atoms with Gasteiger partial charge in [0.15, 0.2) is 17.6 Å². The number of halogens is 1. The van der Waals surface area contributed by atoms with Crippen LogP contribution in [0.2, 0.25) is 5.15 Å². The fourth-order valence-corrected chi connectivity index (χ4v) is 2.26. The number of carbonyl (C=O) groups excluding carboxylic acids is 2. The number of pyridine rings is 1. The Balaban J connectivity index is 1.60. The summed E-state index contributed by atoms with van der Waals surface area (Å²) < 4.78 is 16.0. The molecule has 0 radical (unpaired) electrons. The molecular formula is C17H15ClN2O5. The largest absolute Gasteiger partial charge is 0.486 e. The molecule has 0 aliphatic carbocycles. The number of benzene rings is 1. The summed E-state index contributed by atoms with van der Waals surface area (Å²) in [6, 6.07) is 7.99. The van der Waals surface area contributed by atoms with Gasteiger partial charge >= 0.3 is 5.97 Å². The van der Waals surface area contributed by atoms with E-state index in [-0.39, 0.29) is 10.7 Å². The number of fused-ring (bicyclic) bond motifs is 1. The van der Waals surface area contributed by atoms with E-state index in [1.165, 1.54) is 25.3 Å². The quantitative estimate of drug-likeness (QED) is 0.664. The molecule has 0 bridgehead atoms. The monoisotopic (exact) mass is 362 g/mol. The molecule has 0 fully saturated rings. The van der Waals surface area contributed by atoms with Crippen LogP contribution in [-0.4, -0.2) is 36.2 Å². The topological polar surface area (TPSA) is 86.8 Å². The number of esters is 1. The first-order chi connectivity index (χ1) is 12.0. The Labute approximate surface area is 148 Å². The fraction of sp³-hybridized carbons (Fsp3) is 0.235. The van der Waals surface area contributed by atoms with Crippen molar-refractivity contribution in [3.8, 4) is 11.5 Å². The van der Waals surface area contributed by atoms with Gasteiger partial charge in [-0.15, -0.1) is 0 Å². The van der Waals surface area contributed by atoms with E-state index in [4.69, 9.17) is 25.8 Å². The first-order valence-corrected chi connectivity index (χ1v) is 7.94. The summed E-state index contributed by atoms with van der Waals surface area (Å²) in [4.78, 5) is 28.0. The third kappa shape index (κ3) is 4.19. The SMILES string of the molecule is C[C@@H](OC(=O)c1ccc(Cl)nc1)C(=O)Nc1ccc2c(c1)OCCO2. The van der Waals surface area contributed by atoms with Crippen molar-refractivity contribution < 1.29 is 23.8 Å². The number of anilines is 1. The second kappa shape index (κ2) is 7.40. The van der Waals surface area contributed by atoms with Crippen molar-refractivity contribution in [3.05, 3.63) is 47.2 Å². The summed E-state index contributed by atoms with van der Waals surface area (Å²) in [6.07, 6.45) is 0.298. The highest BCUT2D eigenvalue weighted by Gasteiger charge is 2.20. The number of aromatic nitrogens is 1. The molecule has 0 unspecified atom stereocenters. The standard InChI is InChI=1S/C17H15ClN2O5/c1-10(25-17(22)11-2-5-15(18)19-9-11)16(21)20-12-3-4-13-14(8-12)24-7-6-23-13/h2-5,8-10H,6-7H2,1H3,(H,20,21)/t10-/m1/s1. The number of nitrogens with zero attached hydrogens (tertiary/aromatic N) is 1. The minimum absolute atomic E-state index is 0.211. The molecule has 2 heterocycles. The molecule has 1 amide bonds. The molecule has 1 atom stereocenters. The van der Waals surface area contributed by atoms with Gasteiger partial charge in [0, 0.05) is 18.0 Å². The first-order valence-electron chi connectivity index (χ1n) is 7.56. The molecule has 2 aromatic rings. The zero-order chi connectivity index (χ0) is 17.8. The smallest absolute Gasteiger partial charge is 0.340 e. The molecule has 3 rings (SSSR count). The van der Waals surface area contributed by atoms with Crippen LogP contribution in [0.5, 0.6) is 11.5 Å². The number of hydrogen-bond donors (Lipinski definition) is 1. The predicted molar refractivity (Wildman–Crippen MR) is 90.2 cm³/mol. The van der Waals surface area contributed by atoms with Crippen LogP contribution in [0.1, 0.15) is 17.3 Å². The third-order valence-corrected chi connectivity index (χ3v) is 3.65. The second-order valence-electron chi connectivity index (χ2n) is 5.26. The Morgan fingerprint density at radius 2 is 1.96 bits per heavy atom. The summed E-state index contributed by atoms with van der Waals surface area (Å²) in [5, 5.41) is 2.93. The molecular weight excluding hydrogens is 348 g/mol. The lowest BCUT2D eigenvalue weighted by Crippen LogP contribution is -2.30. The molecule has 0 saturated carbocycles. The lowest BCUT2D eigenvalue weighted by molar-refractivity contribution is -0.123. The van der Waals surface area contributed by atoms with Crippen LogP contribution in [0, 0.1) is 0 Å². The van der Waals surface area contributed by atoms with Gasteiger partial charge in [0.25, 0.3) is 5.91 Å². The van der Waals surface area contributed by atoms with Crippen molar-refractivity contribution in [2.24, 2.45) is 0 Å². The van der Waals surface area contributed by atoms with Gasteiger partial charge < -0.3 is 19.5 Å². The minimum atomic E-state index is -0.989. The third-order valence-electron chi connectivity index (χ3n) is 3.43. The maximum atomic E-state index is 12.2. The molecule has 130 valence electrons. The van der Waals surface area contributed by atoms with Crippen LogP contribution < -0.4 is 14.8 Å². The van der Waals surface area contributed by atoms with Crippen molar-refractivity contribution in [1.82, 2.24) is 4.98 Å². The molecule has 7 nitrogen and oxygen atoms in total. The van der Waals surface area contributed by atoms with Crippen LogP contribution in [0.3, 0.4) is 0 Å². The van der Waals surface area contributed by atoms with Gasteiger partial charge in [0.1, 0.15) is 18.4 Å². The maximum Gasteiger partial charge on any atom is 0.340 e. The van der Waals surface area contributed by atoms with Crippen LogP contribution >= 0.6 is 11.6 Å². The van der Waals surface area contributed by atoms with Gasteiger partial charge in [-0.2, -0.15) is 0 Å². The number of carbonyl (C=O) groups is 2. The average Bonchev–Trinajstić information content (AvgIpc) is 2.62. The molecule has 1 aliphatic rings. The highest BCUT2D eigenvalue weighted by molar-refractivity contribution is 6.29. The summed E-state index contributed by atoms with van der Waals surface area (Å²) in [5.74, 6) is 0.0563. The van der Waals surface area contributed by atoms with Gasteiger partial charge in [0.05, 0.1) is 5.56 Å². The Morgan fingerprint density at radius 1 is 1.20 bits per heavy atom. The molecule has 0 saturated heterocycles. The van der Waals surface area contributed by atoms with Gasteiger partial charge in [-0.25, -0.2) is 9.78 Å². The molecule has 1 N–H and O–H groups in total. The van der Waals surface area contributed by atoms with Crippen molar-refractivity contribution in [1.29, 1.82) is 0 Å². The number of ether oxygens (including phenoxy) is 3. The Morgan fingerprint density at radius 3 is 2.68 bits per heavy atom. The zero-order valence-electron chi connectivity index (χ0n) is 13.3. The van der Waals surface area contributed by atoms with E-state index in [0.717, 1.165) is 0 Å². The predicted octanol–water partition coefficient (Wildman–Crippen LogP) is 2.69. The van der Waals surface area contributed by atoms with Gasteiger partial charge in [-0.1, -0.05) is 11.6 Å². The number of rotatable bonds is 4. The van der Waals surface area contributed by atoms with Gasteiger partial charge in [-0.05, 0) is 31.2 Å². The van der Waals surface area contributed by atoms with Crippen LogP contribution in [-0.2, 0) is 9.53 Å². The van der Waals surface area contributed by atoms with Crippen molar-refractivity contribution in [2.45, 2.75) is 13.0 Å². The van der Waals surface area contributed by atoms with Crippen LogP contribution in [0.4, 0.5) is 5.69 Å². The minimum Gasteiger partial charge on any atom is -0.486 e. The van der Waals surface area contributed by atoms with Crippen molar-refractivity contribution >= 4 is 29.2 Å². The summed E-state index contributed by atoms with van der Waals surface area (Å²) in [6.45, 7) is 2.42. The van der Waals surface area contributed by atoms with Crippen molar-refractivity contribution in [3.63, 3.8) is 0 Å². The molecule has 0 spiro atoms. The van der Waals surface area contributed by atoms with E-state index in [0.29, 0.717) is 30.4 Å². The lowest BCUT2D eigenvalue weighted by atomic mass is 10.2. The van der Waals surface area contributed by atoms with E-state index in [1.807, 2.05) is 0 Å². The van der Waals surface area contributed by atoms with Crippen LogP contribution in [0.25, 0.3) is 0 Å². The molecule has 1 aromatic carbocycles. The van der Waals surface area contributed by atoms with E-state index in [9.17, 15) is 9.59 Å². The molecule has 8 heteroatoms. The highest BCUT2D eigenvalue weighted by Crippen LogP contribution is 2.32. The lowest BCUT2D eigenvalue weighted by Gasteiger charge is -2.19. The van der Waals surface area contributed by atoms with E-state index in [2.05, 4.69) is 10.3 Å². The number of amides is 1. The van der Waals surface area contributed by atoms with Crippen LogP contribution in [0.15, 0.2) is 36.5 Å². The maximum absolute atomic E-state index is 12.2. The van der Waals surface area contributed by atoms with E-state index < -0.39 is 18.0 Å². The second-order valence-corrected chi connectivity index (χ2v) is 5.65.